The standard InChI is InChI=1S/C17H15N3O4S/c1-11-7-9-13(10-8-11)25(23,24)20-17(22)15-6-4-3-5-14(15)16(21)12(2)19-18/h3-10H,1-2H3,(H-,20,21,22)/p+1/b16-12-. The highest BCUT2D eigenvalue weighted by Crippen LogP contribution is 2.21. The third-order valence-corrected chi connectivity index (χ3v) is 4.82. The van der Waals surface area contributed by atoms with Gasteiger partial charge in [0.05, 0.1) is 10.5 Å². The second-order valence-electron chi connectivity index (χ2n) is 5.33. The van der Waals surface area contributed by atoms with E-state index in [2.05, 4.69) is 4.98 Å². The summed E-state index contributed by atoms with van der Waals surface area (Å²) in [5, 5.41) is 18.8. The van der Waals surface area contributed by atoms with Crippen LogP contribution in [0, 0.1) is 12.3 Å². The molecule has 0 saturated heterocycles. The molecule has 2 N–H and O–H groups in total. The van der Waals surface area contributed by atoms with Gasteiger partial charge in [-0.1, -0.05) is 35.9 Å². The van der Waals surface area contributed by atoms with Crippen molar-refractivity contribution in [3.63, 3.8) is 0 Å². The summed E-state index contributed by atoms with van der Waals surface area (Å²) in [5.41, 5.74) is 0.753. The summed E-state index contributed by atoms with van der Waals surface area (Å²) < 4.78 is 26.6. The number of hydrogen-bond acceptors (Lipinski definition) is 5. The van der Waals surface area contributed by atoms with E-state index < -0.39 is 21.7 Å². The lowest BCUT2D eigenvalue weighted by molar-refractivity contribution is 0.0980. The van der Waals surface area contributed by atoms with Crippen LogP contribution >= 0.6 is 0 Å². The molecule has 0 aliphatic heterocycles. The highest BCUT2D eigenvalue weighted by molar-refractivity contribution is 7.90. The molecule has 0 atom stereocenters. The first-order valence-electron chi connectivity index (χ1n) is 7.24. The molecule has 8 heteroatoms. The summed E-state index contributed by atoms with van der Waals surface area (Å²) in [6, 6.07) is 11.9. The normalized spacial score (nSPS) is 12.0. The number of aryl methyl sites for hydroxylation is 1. The van der Waals surface area contributed by atoms with Crippen LogP contribution in [0.1, 0.15) is 28.4 Å². The summed E-state index contributed by atoms with van der Waals surface area (Å²) in [4.78, 5) is 15.2. The van der Waals surface area contributed by atoms with Gasteiger partial charge in [-0.3, -0.25) is 4.79 Å². The van der Waals surface area contributed by atoms with Gasteiger partial charge in [0, 0.05) is 12.5 Å². The first kappa shape index (κ1) is 18.2. The zero-order valence-corrected chi connectivity index (χ0v) is 14.4. The number of aliphatic hydroxyl groups is 1. The van der Waals surface area contributed by atoms with E-state index in [9.17, 15) is 18.3 Å². The summed E-state index contributed by atoms with van der Waals surface area (Å²) >= 11 is 0. The zero-order valence-electron chi connectivity index (χ0n) is 13.6. The molecule has 0 unspecified atom stereocenters. The van der Waals surface area contributed by atoms with Gasteiger partial charge in [0.25, 0.3) is 15.9 Å². The molecular weight excluding hydrogens is 342 g/mol. The van der Waals surface area contributed by atoms with Crippen LogP contribution in [0.15, 0.2) is 59.1 Å². The molecule has 2 rings (SSSR count). The molecule has 25 heavy (non-hydrogen) atoms. The largest absolute Gasteiger partial charge is 0.501 e. The number of aliphatic hydroxyl groups excluding tert-OH is 1. The van der Waals surface area contributed by atoms with E-state index in [4.69, 9.17) is 5.39 Å². The van der Waals surface area contributed by atoms with Gasteiger partial charge in [0.2, 0.25) is 11.2 Å². The Morgan fingerprint density at radius 2 is 1.64 bits per heavy atom. The summed E-state index contributed by atoms with van der Waals surface area (Å²) in [6.45, 7) is 3.15. The van der Waals surface area contributed by atoms with Crippen LogP contribution in [0.4, 0.5) is 0 Å². The highest BCUT2D eigenvalue weighted by Gasteiger charge is 2.24. The maximum Gasteiger partial charge on any atom is 0.400 e. The maximum absolute atomic E-state index is 12.4. The van der Waals surface area contributed by atoms with Gasteiger partial charge < -0.3 is 5.11 Å². The molecule has 0 aliphatic carbocycles. The Kier molecular flexibility index (Phi) is 5.20. The van der Waals surface area contributed by atoms with Crippen molar-refractivity contribution in [3.8, 4) is 0 Å². The van der Waals surface area contributed by atoms with Gasteiger partial charge in [-0.05, 0) is 25.1 Å². The molecule has 1 amide bonds. The van der Waals surface area contributed by atoms with Crippen molar-refractivity contribution in [2.24, 2.45) is 0 Å². The SMILES string of the molecule is C/C([N+]#N)=C(/O)c1ccccc1C(=O)NS(=O)(=O)c1ccc(C)cc1. The van der Waals surface area contributed by atoms with E-state index >= 15 is 0 Å². The molecule has 0 bridgehead atoms. The molecule has 128 valence electrons. The molecule has 0 fully saturated rings. The van der Waals surface area contributed by atoms with E-state index in [0.717, 1.165) is 5.56 Å². The fraction of sp³-hybridized carbons (Fsp3) is 0.118. The number of sulfonamides is 1. The topological polar surface area (TPSA) is 112 Å². The van der Waals surface area contributed by atoms with Crippen LogP contribution in [0.5, 0.6) is 0 Å². The number of carbonyl (C=O) groups excluding carboxylic acids is 1. The Labute approximate surface area is 145 Å². The number of allylic oxidation sites excluding steroid dienone is 1. The molecule has 0 aliphatic rings. The predicted molar refractivity (Wildman–Crippen MR) is 92.6 cm³/mol. The van der Waals surface area contributed by atoms with E-state index in [-0.39, 0.29) is 21.7 Å². The number of nitrogens with one attached hydrogen (secondary N) is 1. The summed E-state index contributed by atoms with van der Waals surface area (Å²) in [6.07, 6.45) is 0. The zero-order chi connectivity index (χ0) is 18.6. The molecule has 2 aromatic rings. The van der Waals surface area contributed by atoms with Gasteiger partial charge in [-0.25, -0.2) is 13.1 Å². The Hall–Kier alpha value is -3.18. The van der Waals surface area contributed by atoms with Crippen LogP contribution in [-0.2, 0) is 10.0 Å². The molecule has 7 nitrogen and oxygen atoms in total. The van der Waals surface area contributed by atoms with Crippen molar-refractivity contribution >= 4 is 21.7 Å². The monoisotopic (exact) mass is 358 g/mol. The fourth-order valence-electron chi connectivity index (χ4n) is 2.08. The molecular formula is C17H16N3O4S+. The lowest BCUT2D eigenvalue weighted by atomic mass is 10.0. The van der Waals surface area contributed by atoms with Crippen molar-refractivity contribution in [1.82, 2.24) is 4.72 Å². The highest BCUT2D eigenvalue weighted by atomic mass is 32.2. The first-order valence-corrected chi connectivity index (χ1v) is 8.72. The third kappa shape index (κ3) is 4.02. The van der Waals surface area contributed by atoms with E-state index in [1.807, 2.05) is 11.6 Å². The van der Waals surface area contributed by atoms with Crippen LogP contribution in [0.25, 0.3) is 10.7 Å². The molecule has 0 saturated carbocycles. The summed E-state index contributed by atoms with van der Waals surface area (Å²) in [7, 11) is -4.06. The average Bonchev–Trinajstić information content (AvgIpc) is 2.60. The van der Waals surface area contributed by atoms with Crippen molar-refractivity contribution in [2.45, 2.75) is 18.7 Å². The summed E-state index contributed by atoms with van der Waals surface area (Å²) in [5.74, 6) is -1.34. The molecule has 0 aromatic heterocycles. The van der Waals surface area contributed by atoms with Gasteiger partial charge in [0.1, 0.15) is 0 Å². The van der Waals surface area contributed by atoms with Crippen LogP contribution in [0.2, 0.25) is 0 Å². The predicted octanol–water partition coefficient (Wildman–Crippen LogP) is 3.21. The fourth-order valence-corrected chi connectivity index (χ4v) is 3.05. The third-order valence-electron chi connectivity index (χ3n) is 3.48. The lowest BCUT2D eigenvalue weighted by Gasteiger charge is -2.10. The van der Waals surface area contributed by atoms with Gasteiger partial charge >= 0.3 is 5.70 Å². The van der Waals surface area contributed by atoms with E-state index in [1.165, 1.54) is 37.3 Å². The quantitative estimate of drug-likeness (QED) is 0.644. The van der Waals surface area contributed by atoms with E-state index in [0.29, 0.717) is 0 Å². The smallest absolute Gasteiger partial charge is 0.400 e. The Bertz CT molecular complexity index is 987. The van der Waals surface area contributed by atoms with Crippen molar-refractivity contribution < 1.29 is 18.3 Å². The number of diazo groups is 1. The average molecular weight is 358 g/mol. The number of carbonyl (C=O) groups is 1. The number of amides is 1. The minimum Gasteiger partial charge on any atom is -0.501 e. The maximum atomic E-state index is 12.4. The van der Waals surface area contributed by atoms with Gasteiger partial charge in [-0.2, -0.15) is 0 Å². The number of rotatable bonds is 4. The molecule has 0 spiro atoms. The number of nitrogens with zero attached hydrogens (tertiary/aromatic N) is 2. The Morgan fingerprint density at radius 3 is 2.20 bits per heavy atom. The van der Waals surface area contributed by atoms with Gasteiger partial charge in [0.15, 0.2) is 4.98 Å². The van der Waals surface area contributed by atoms with Crippen LogP contribution in [0.3, 0.4) is 0 Å². The van der Waals surface area contributed by atoms with Crippen molar-refractivity contribution in [3.05, 3.63) is 75.9 Å². The Balaban J connectivity index is 2.40. The number of hydrogen-bond donors (Lipinski definition) is 2. The van der Waals surface area contributed by atoms with Crippen LogP contribution < -0.4 is 4.72 Å². The number of benzene rings is 2. The van der Waals surface area contributed by atoms with Gasteiger partial charge in [-0.15, -0.1) is 0 Å². The molecule has 0 heterocycles. The molecule has 2 aromatic carbocycles. The van der Waals surface area contributed by atoms with Crippen molar-refractivity contribution in [1.29, 1.82) is 5.39 Å². The Morgan fingerprint density at radius 1 is 1.08 bits per heavy atom. The first-order chi connectivity index (χ1) is 11.8. The molecule has 0 radical (unpaired) electrons. The van der Waals surface area contributed by atoms with Crippen molar-refractivity contribution in [2.75, 3.05) is 0 Å². The van der Waals surface area contributed by atoms with Crippen LogP contribution in [-0.4, -0.2) is 19.4 Å². The second-order valence-corrected chi connectivity index (χ2v) is 7.01. The second kappa shape index (κ2) is 7.15. The minimum atomic E-state index is -4.06. The minimum absolute atomic E-state index is 0.0504. The van der Waals surface area contributed by atoms with E-state index in [1.54, 1.807) is 18.2 Å². The lowest BCUT2D eigenvalue weighted by Crippen LogP contribution is -2.31.